The number of carbonyl (C=O) groups is 1. The molecule has 0 radical (unpaired) electrons. The van der Waals surface area contributed by atoms with E-state index in [-0.39, 0.29) is 12.6 Å². The predicted octanol–water partition coefficient (Wildman–Crippen LogP) is 1.68. The molecule has 1 aliphatic rings. The van der Waals surface area contributed by atoms with Crippen molar-refractivity contribution in [3.63, 3.8) is 0 Å². The van der Waals surface area contributed by atoms with E-state index >= 15 is 0 Å². The lowest BCUT2D eigenvalue weighted by Gasteiger charge is -2.24. The number of aliphatic hydroxyl groups excluding tert-OH is 1. The number of benzene rings is 1. The zero-order valence-electron chi connectivity index (χ0n) is 8.74. The van der Waals surface area contributed by atoms with Gasteiger partial charge in [0.2, 0.25) is 0 Å². The number of ether oxygens (including phenoxy) is 1. The molecule has 2 unspecified atom stereocenters. The molecule has 1 saturated heterocycles. The van der Waals surface area contributed by atoms with E-state index in [4.69, 9.17) is 4.74 Å². The van der Waals surface area contributed by atoms with Gasteiger partial charge in [-0.25, -0.2) is 4.79 Å². The fourth-order valence-electron chi connectivity index (χ4n) is 1.77. The molecule has 1 heterocycles. The van der Waals surface area contributed by atoms with Gasteiger partial charge in [-0.1, -0.05) is 36.9 Å². The van der Waals surface area contributed by atoms with Crippen molar-refractivity contribution in [2.45, 2.75) is 12.3 Å². The summed E-state index contributed by atoms with van der Waals surface area (Å²) < 4.78 is 4.93. The molecule has 0 bridgehead atoms. The Morgan fingerprint density at radius 1 is 1.50 bits per heavy atom. The Hall–Kier alpha value is -1.81. The maximum Gasteiger partial charge on any atom is 0.412 e. The second kappa shape index (κ2) is 4.37. The molecule has 1 amide bonds. The highest BCUT2D eigenvalue weighted by Gasteiger charge is 2.37. The summed E-state index contributed by atoms with van der Waals surface area (Å²) in [6, 6.07) is 9.22. The number of hydrogen-bond donors (Lipinski definition) is 1. The van der Waals surface area contributed by atoms with Crippen LogP contribution in [-0.4, -0.2) is 28.9 Å². The first kappa shape index (κ1) is 10.7. The van der Waals surface area contributed by atoms with Crippen LogP contribution in [0.2, 0.25) is 0 Å². The van der Waals surface area contributed by atoms with E-state index in [0.717, 1.165) is 5.56 Å². The lowest BCUT2D eigenvalue weighted by molar-refractivity contribution is 0.0542. The van der Waals surface area contributed by atoms with Crippen LogP contribution in [-0.2, 0) is 4.74 Å². The van der Waals surface area contributed by atoms with Gasteiger partial charge in [0.15, 0.2) is 6.23 Å². The lowest BCUT2D eigenvalue weighted by Crippen LogP contribution is -2.36. The van der Waals surface area contributed by atoms with Crippen molar-refractivity contribution in [1.82, 2.24) is 4.90 Å². The van der Waals surface area contributed by atoms with Gasteiger partial charge >= 0.3 is 6.09 Å². The number of rotatable bonds is 3. The number of aliphatic hydroxyl groups is 1. The van der Waals surface area contributed by atoms with Crippen LogP contribution in [0.4, 0.5) is 4.79 Å². The number of cyclic esters (lactones) is 1. The number of carbonyl (C=O) groups excluding carboxylic acids is 1. The third-order valence-corrected chi connectivity index (χ3v) is 2.59. The minimum Gasteiger partial charge on any atom is -0.447 e. The Bertz CT molecular complexity index is 391. The molecule has 0 aliphatic carbocycles. The fourth-order valence-corrected chi connectivity index (χ4v) is 1.77. The summed E-state index contributed by atoms with van der Waals surface area (Å²) in [4.78, 5) is 12.7. The zero-order valence-corrected chi connectivity index (χ0v) is 8.74. The topological polar surface area (TPSA) is 49.8 Å². The summed E-state index contributed by atoms with van der Waals surface area (Å²) in [5, 5.41) is 9.67. The molecule has 0 saturated carbocycles. The van der Waals surface area contributed by atoms with E-state index in [0.29, 0.717) is 0 Å². The van der Waals surface area contributed by atoms with Gasteiger partial charge in [0, 0.05) is 0 Å². The average molecular weight is 219 g/mol. The Morgan fingerprint density at radius 3 is 2.81 bits per heavy atom. The van der Waals surface area contributed by atoms with Crippen molar-refractivity contribution in [3.05, 3.63) is 48.6 Å². The lowest BCUT2D eigenvalue weighted by atomic mass is 10.1. The van der Waals surface area contributed by atoms with Crippen molar-refractivity contribution in [2.75, 3.05) is 6.61 Å². The molecule has 4 heteroatoms. The average Bonchev–Trinajstić information content (AvgIpc) is 2.71. The van der Waals surface area contributed by atoms with Crippen molar-refractivity contribution in [2.24, 2.45) is 0 Å². The van der Waals surface area contributed by atoms with Gasteiger partial charge in [-0.15, -0.1) is 0 Å². The molecule has 0 aromatic heterocycles. The minimum atomic E-state index is -1.01. The second-order valence-electron chi connectivity index (χ2n) is 3.56. The van der Waals surface area contributed by atoms with Gasteiger partial charge < -0.3 is 9.84 Å². The molecule has 1 N–H and O–H groups in total. The van der Waals surface area contributed by atoms with E-state index in [2.05, 4.69) is 6.58 Å². The van der Waals surface area contributed by atoms with E-state index < -0.39 is 12.3 Å². The van der Waals surface area contributed by atoms with Gasteiger partial charge in [-0.05, 0) is 11.6 Å². The first-order valence-electron chi connectivity index (χ1n) is 5.04. The number of nitrogens with zero attached hydrogens (tertiary/aromatic N) is 1. The molecule has 16 heavy (non-hydrogen) atoms. The second-order valence-corrected chi connectivity index (χ2v) is 3.56. The molecule has 1 fully saturated rings. The summed E-state index contributed by atoms with van der Waals surface area (Å²) in [5.74, 6) is 0. The third kappa shape index (κ3) is 1.79. The zero-order chi connectivity index (χ0) is 11.5. The monoisotopic (exact) mass is 219 g/mol. The Balaban J connectivity index is 2.28. The van der Waals surface area contributed by atoms with Crippen LogP contribution in [0.15, 0.2) is 43.0 Å². The van der Waals surface area contributed by atoms with Crippen molar-refractivity contribution in [1.29, 1.82) is 0 Å². The molecular formula is C12H13NO3. The molecule has 4 nitrogen and oxygen atoms in total. The van der Waals surface area contributed by atoms with Gasteiger partial charge in [-0.2, -0.15) is 0 Å². The third-order valence-electron chi connectivity index (χ3n) is 2.59. The molecule has 1 aromatic carbocycles. The standard InChI is InChI=1S/C12H13NO3/c1-2-11(14)13-10(8-16-12(13)15)9-6-4-3-5-7-9/h2-7,10-11,14H,1,8H2. The SMILES string of the molecule is C=CC(O)N1C(=O)OCC1c1ccccc1. The quantitative estimate of drug-likeness (QED) is 0.787. The van der Waals surface area contributed by atoms with Crippen molar-refractivity contribution >= 4 is 6.09 Å². The van der Waals surface area contributed by atoms with Gasteiger partial charge in [0.05, 0.1) is 6.04 Å². The van der Waals surface area contributed by atoms with E-state index in [9.17, 15) is 9.90 Å². The normalized spacial score (nSPS) is 21.7. The summed E-state index contributed by atoms with van der Waals surface area (Å²) in [6.45, 7) is 3.73. The number of amides is 1. The Labute approximate surface area is 93.8 Å². The predicted molar refractivity (Wildman–Crippen MR) is 58.6 cm³/mol. The van der Waals surface area contributed by atoms with Crippen LogP contribution >= 0.6 is 0 Å². The van der Waals surface area contributed by atoms with Crippen molar-refractivity contribution < 1.29 is 14.6 Å². The van der Waals surface area contributed by atoms with Gasteiger partial charge in [0.25, 0.3) is 0 Å². The molecule has 2 rings (SSSR count). The maximum absolute atomic E-state index is 11.5. The summed E-state index contributed by atoms with van der Waals surface area (Å²) in [5.41, 5.74) is 0.939. The van der Waals surface area contributed by atoms with Crippen molar-refractivity contribution in [3.8, 4) is 0 Å². The first-order chi connectivity index (χ1) is 7.74. The Morgan fingerprint density at radius 2 is 2.19 bits per heavy atom. The molecular weight excluding hydrogens is 206 g/mol. The molecule has 0 spiro atoms. The van der Waals surface area contributed by atoms with E-state index in [1.807, 2.05) is 30.3 Å². The highest BCUT2D eigenvalue weighted by Crippen LogP contribution is 2.28. The van der Waals surface area contributed by atoms with Crippen LogP contribution in [0.1, 0.15) is 11.6 Å². The number of hydrogen-bond acceptors (Lipinski definition) is 3. The Kier molecular flexibility index (Phi) is 2.92. The molecule has 2 atom stereocenters. The van der Waals surface area contributed by atoms with Crippen LogP contribution in [0.5, 0.6) is 0 Å². The van der Waals surface area contributed by atoms with Crippen LogP contribution in [0.25, 0.3) is 0 Å². The van der Waals surface area contributed by atoms with Crippen LogP contribution in [0.3, 0.4) is 0 Å². The highest BCUT2D eigenvalue weighted by atomic mass is 16.6. The van der Waals surface area contributed by atoms with E-state index in [1.165, 1.54) is 11.0 Å². The van der Waals surface area contributed by atoms with E-state index in [1.54, 1.807) is 0 Å². The van der Waals surface area contributed by atoms with Gasteiger partial charge in [-0.3, -0.25) is 4.90 Å². The highest BCUT2D eigenvalue weighted by molar-refractivity contribution is 5.71. The maximum atomic E-state index is 11.5. The summed E-state index contributed by atoms with van der Waals surface area (Å²) in [7, 11) is 0. The van der Waals surface area contributed by atoms with Crippen LogP contribution < -0.4 is 0 Å². The minimum absolute atomic E-state index is 0.248. The molecule has 84 valence electrons. The largest absolute Gasteiger partial charge is 0.447 e. The first-order valence-corrected chi connectivity index (χ1v) is 5.04. The molecule has 1 aromatic rings. The summed E-state index contributed by atoms with van der Waals surface area (Å²) >= 11 is 0. The van der Waals surface area contributed by atoms with Gasteiger partial charge in [0.1, 0.15) is 6.61 Å². The molecule has 1 aliphatic heterocycles. The fraction of sp³-hybridized carbons (Fsp3) is 0.250. The van der Waals surface area contributed by atoms with Crippen LogP contribution in [0, 0.1) is 0 Å². The smallest absolute Gasteiger partial charge is 0.412 e. The summed E-state index contributed by atoms with van der Waals surface area (Å²) in [6.07, 6.45) is -0.218.